The Balaban J connectivity index is 1.35. The van der Waals surface area contributed by atoms with Crippen LogP contribution in [-0.4, -0.2) is 44.0 Å². The van der Waals surface area contributed by atoms with E-state index < -0.39 is 0 Å². The summed E-state index contributed by atoms with van der Waals surface area (Å²) < 4.78 is 0. The molecule has 0 bridgehead atoms. The molecule has 4 heteroatoms. The van der Waals surface area contributed by atoms with Crippen LogP contribution < -0.4 is 10.2 Å². The molecule has 1 amide bonds. The summed E-state index contributed by atoms with van der Waals surface area (Å²) in [5.74, 6) is 0.128. The number of likely N-dealkylation sites (N-methyl/N-ethyl adjacent to an activating group) is 1. The van der Waals surface area contributed by atoms with Crippen LogP contribution in [0.4, 0.5) is 5.69 Å². The van der Waals surface area contributed by atoms with Gasteiger partial charge in [-0.25, -0.2) is 0 Å². The van der Waals surface area contributed by atoms with Gasteiger partial charge in [-0.2, -0.15) is 0 Å². The first-order valence-corrected chi connectivity index (χ1v) is 11.1. The van der Waals surface area contributed by atoms with E-state index in [2.05, 4.69) is 70.7 Å². The van der Waals surface area contributed by atoms with Crippen molar-refractivity contribution in [1.29, 1.82) is 0 Å². The van der Waals surface area contributed by atoms with Gasteiger partial charge in [0.2, 0.25) is 5.91 Å². The molecule has 1 fully saturated rings. The number of hydrogen-bond donors (Lipinski definition) is 1. The van der Waals surface area contributed by atoms with E-state index in [1.807, 2.05) is 36.4 Å². The van der Waals surface area contributed by atoms with E-state index in [1.165, 1.54) is 16.8 Å². The zero-order valence-corrected chi connectivity index (χ0v) is 18.2. The van der Waals surface area contributed by atoms with Crippen LogP contribution in [0.5, 0.6) is 0 Å². The van der Waals surface area contributed by atoms with E-state index in [4.69, 9.17) is 0 Å². The predicted molar refractivity (Wildman–Crippen MR) is 127 cm³/mol. The van der Waals surface area contributed by atoms with Crippen LogP contribution in [0, 0.1) is 0 Å². The molecule has 1 saturated heterocycles. The highest BCUT2D eigenvalue weighted by atomic mass is 16.1. The van der Waals surface area contributed by atoms with E-state index in [9.17, 15) is 4.79 Å². The highest BCUT2D eigenvalue weighted by Crippen LogP contribution is 2.27. The van der Waals surface area contributed by atoms with E-state index in [1.54, 1.807) is 0 Å². The zero-order valence-electron chi connectivity index (χ0n) is 18.2. The Kier molecular flexibility index (Phi) is 7.00. The molecule has 4 nitrogen and oxygen atoms in total. The third-order valence-corrected chi connectivity index (χ3v) is 6.09. The molecule has 1 aliphatic heterocycles. The van der Waals surface area contributed by atoms with Crippen molar-refractivity contribution in [3.8, 4) is 0 Å². The molecule has 1 heterocycles. The lowest BCUT2D eigenvalue weighted by molar-refractivity contribution is -0.121. The van der Waals surface area contributed by atoms with Crippen molar-refractivity contribution >= 4 is 11.6 Å². The van der Waals surface area contributed by atoms with Gasteiger partial charge in [0.15, 0.2) is 0 Å². The van der Waals surface area contributed by atoms with Crippen LogP contribution in [0.2, 0.25) is 0 Å². The Labute approximate surface area is 185 Å². The summed E-state index contributed by atoms with van der Waals surface area (Å²) in [7, 11) is 2.17. The number of piperazine rings is 1. The normalized spacial score (nSPS) is 14.6. The minimum absolute atomic E-state index is 0.0574. The van der Waals surface area contributed by atoms with Crippen molar-refractivity contribution < 1.29 is 4.79 Å². The van der Waals surface area contributed by atoms with Gasteiger partial charge < -0.3 is 15.1 Å². The minimum atomic E-state index is 0.0574. The van der Waals surface area contributed by atoms with Crippen molar-refractivity contribution in [1.82, 2.24) is 10.2 Å². The van der Waals surface area contributed by atoms with Crippen molar-refractivity contribution in [2.24, 2.45) is 0 Å². The van der Waals surface area contributed by atoms with E-state index in [0.717, 1.165) is 31.7 Å². The highest BCUT2D eigenvalue weighted by molar-refractivity contribution is 5.77. The number of nitrogens with zero attached hydrogens (tertiary/aromatic N) is 2. The molecule has 4 rings (SSSR count). The fraction of sp³-hybridized carbons (Fsp3) is 0.296. The Hall–Kier alpha value is -3.11. The average Bonchev–Trinajstić information content (AvgIpc) is 2.83. The Morgan fingerprint density at radius 2 is 1.35 bits per heavy atom. The van der Waals surface area contributed by atoms with Gasteiger partial charge in [-0.05, 0) is 35.9 Å². The van der Waals surface area contributed by atoms with Crippen LogP contribution in [0.25, 0.3) is 0 Å². The topological polar surface area (TPSA) is 35.6 Å². The summed E-state index contributed by atoms with van der Waals surface area (Å²) in [4.78, 5) is 17.6. The zero-order chi connectivity index (χ0) is 21.5. The van der Waals surface area contributed by atoms with Gasteiger partial charge in [0.25, 0.3) is 0 Å². The summed E-state index contributed by atoms with van der Waals surface area (Å²) in [6.07, 6.45) is 0.438. The van der Waals surface area contributed by atoms with Crippen molar-refractivity contribution in [2.75, 3.05) is 38.1 Å². The second-order valence-electron chi connectivity index (χ2n) is 8.31. The SMILES string of the molecule is CN1CCN(c2ccc(CNC(=O)CC(c3ccccc3)c3ccccc3)cc2)CC1. The quantitative estimate of drug-likeness (QED) is 0.628. The van der Waals surface area contributed by atoms with Gasteiger partial charge >= 0.3 is 0 Å². The largest absolute Gasteiger partial charge is 0.369 e. The summed E-state index contributed by atoms with van der Waals surface area (Å²) in [6, 6.07) is 29.1. The first kappa shape index (κ1) is 21.1. The molecule has 1 aliphatic rings. The number of amides is 1. The van der Waals surface area contributed by atoms with Gasteiger partial charge in [-0.15, -0.1) is 0 Å². The molecule has 0 unspecified atom stereocenters. The maximum absolute atomic E-state index is 12.8. The minimum Gasteiger partial charge on any atom is -0.369 e. The van der Waals surface area contributed by atoms with Crippen LogP contribution >= 0.6 is 0 Å². The van der Waals surface area contributed by atoms with E-state index in [-0.39, 0.29) is 11.8 Å². The first-order chi connectivity index (χ1) is 15.2. The standard InChI is InChI=1S/C27H31N3O/c1-29-16-18-30(19-17-29)25-14-12-22(13-15-25)21-28-27(31)20-26(23-8-4-2-5-9-23)24-10-6-3-7-11-24/h2-15,26H,16-21H2,1H3,(H,28,31). The maximum atomic E-state index is 12.8. The fourth-order valence-electron chi connectivity index (χ4n) is 4.15. The number of benzene rings is 3. The first-order valence-electron chi connectivity index (χ1n) is 11.1. The Morgan fingerprint density at radius 1 is 0.806 bits per heavy atom. The molecule has 0 spiro atoms. The molecule has 160 valence electrons. The van der Waals surface area contributed by atoms with Gasteiger partial charge in [0.1, 0.15) is 0 Å². The van der Waals surface area contributed by atoms with Crippen LogP contribution in [0.1, 0.15) is 29.0 Å². The number of rotatable bonds is 7. The van der Waals surface area contributed by atoms with E-state index >= 15 is 0 Å². The Morgan fingerprint density at radius 3 is 1.90 bits per heavy atom. The molecule has 0 saturated carbocycles. The fourth-order valence-corrected chi connectivity index (χ4v) is 4.15. The predicted octanol–water partition coefficient (Wildman–Crippen LogP) is 4.28. The lowest BCUT2D eigenvalue weighted by atomic mass is 9.88. The number of nitrogens with one attached hydrogen (secondary N) is 1. The van der Waals surface area contributed by atoms with Crippen LogP contribution in [0.3, 0.4) is 0 Å². The number of anilines is 1. The summed E-state index contributed by atoms with van der Waals surface area (Å²) in [5.41, 5.74) is 4.72. The lowest BCUT2D eigenvalue weighted by Gasteiger charge is -2.34. The summed E-state index contributed by atoms with van der Waals surface area (Å²) >= 11 is 0. The smallest absolute Gasteiger partial charge is 0.221 e. The molecular formula is C27H31N3O. The number of hydrogen-bond acceptors (Lipinski definition) is 3. The number of carbonyl (C=O) groups is 1. The number of carbonyl (C=O) groups excluding carboxylic acids is 1. The monoisotopic (exact) mass is 413 g/mol. The second-order valence-corrected chi connectivity index (χ2v) is 8.31. The molecule has 0 aliphatic carbocycles. The maximum Gasteiger partial charge on any atom is 0.221 e. The third-order valence-electron chi connectivity index (χ3n) is 6.09. The summed E-state index contributed by atoms with van der Waals surface area (Å²) in [5, 5.41) is 3.11. The molecule has 0 atom stereocenters. The molecule has 31 heavy (non-hydrogen) atoms. The highest BCUT2D eigenvalue weighted by Gasteiger charge is 2.18. The van der Waals surface area contributed by atoms with Crippen molar-refractivity contribution in [2.45, 2.75) is 18.9 Å². The molecule has 3 aromatic rings. The van der Waals surface area contributed by atoms with E-state index in [0.29, 0.717) is 13.0 Å². The van der Waals surface area contributed by atoms with Crippen LogP contribution in [-0.2, 0) is 11.3 Å². The third kappa shape index (κ3) is 5.74. The molecule has 3 aromatic carbocycles. The van der Waals surface area contributed by atoms with Gasteiger partial charge in [0, 0.05) is 50.7 Å². The second kappa shape index (κ2) is 10.3. The molecule has 0 aromatic heterocycles. The molecule has 0 radical (unpaired) electrons. The van der Waals surface area contributed by atoms with Gasteiger partial charge in [0.05, 0.1) is 0 Å². The average molecular weight is 414 g/mol. The lowest BCUT2D eigenvalue weighted by Crippen LogP contribution is -2.44. The van der Waals surface area contributed by atoms with Crippen LogP contribution in [0.15, 0.2) is 84.9 Å². The van der Waals surface area contributed by atoms with Crippen molar-refractivity contribution in [3.05, 3.63) is 102 Å². The Bertz CT molecular complexity index is 909. The van der Waals surface area contributed by atoms with Gasteiger partial charge in [-0.1, -0.05) is 72.8 Å². The molecular weight excluding hydrogens is 382 g/mol. The van der Waals surface area contributed by atoms with Gasteiger partial charge in [-0.3, -0.25) is 4.79 Å². The van der Waals surface area contributed by atoms with Crippen molar-refractivity contribution in [3.63, 3.8) is 0 Å². The summed E-state index contributed by atoms with van der Waals surface area (Å²) in [6.45, 7) is 4.88. The molecule has 1 N–H and O–H groups in total.